The lowest BCUT2D eigenvalue weighted by atomic mass is 9.50. The van der Waals surface area contributed by atoms with Gasteiger partial charge in [0.1, 0.15) is 5.69 Å². The van der Waals surface area contributed by atoms with Crippen LogP contribution in [0.3, 0.4) is 0 Å². The van der Waals surface area contributed by atoms with Gasteiger partial charge in [-0.25, -0.2) is 4.68 Å². The molecule has 2 aliphatic heterocycles. The second kappa shape index (κ2) is 11.9. The maximum absolute atomic E-state index is 7.70. The van der Waals surface area contributed by atoms with Crippen LogP contribution in [0.1, 0.15) is 71.3 Å². The fourth-order valence-electron chi connectivity index (χ4n) is 9.68. The van der Waals surface area contributed by atoms with E-state index in [1.54, 1.807) is 0 Å². The number of aromatic nitrogens is 4. The molecule has 5 aromatic rings. The molecular formula is C41H48ClN5O2Si. The molecule has 3 aliphatic carbocycles. The molecular weight excluding hydrogens is 658 g/mol. The van der Waals surface area contributed by atoms with Crippen molar-refractivity contribution in [1.82, 2.24) is 24.5 Å². The summed E-state index contributed by atoms with van der Waals surface area (Å²) in [4.78, 5) is 2.65. The Morgan fingerprint density at radius 3 is 2.16 bits per heavy atom. The predicted molar refractivity (Wildman–Crippen MR) is 202 cm³/mol. The van der Waals surface area contributed by atoms with Crippen molar-refractivity contribution in [3.8, 4) is 5.69 Å². The first-order valence-electron chi connectivity index (χ1n) is 18.4. The summed E-state index contributed by atoms with van der Waals surface area (Å²) in [7, 11) is -2.74. The molecule has 0 spiro atoms. The van der Waals surface area contributed by atoms with E-state index in [1.165, 1.54) is 35.2 Å². The van der Waals surface area contributed by atoms with Crippen LogP contribution < -0.4 is 10.4 Å². The SMILES string of the molecule is CC(C)(C)[Si](O[C@H]1COC[C@@]1(C)N1CCC(c2cc3c(cnn3-c3cnn(C45CC(C4)C5)c3)cc2Cl)CC1)(c1ccccc1)c1ccccc1. The van der Waals surface area contributed by atoms with Crippen LogP contribution in [0.2, 0.25) is 10.1 Å². The molecule has 3 aromatic carbocycles. The van der Waals surface area contributed by atoms with Crippen LogP contribution in [0, 0.1) is 5.92 Å². The molecule has 260 valence electrons. The van der Waals surface area contributed by atoms with Crippen molar-refractivity contribution in [2.75, 3.05) is 26.3 Å². The van der Waals surface area contributed by atoms with Gasteiger partial charge in [-0.3, -0.25) is 9.58 Å². The van der Waals surface area contributed by atoms with Gasteiger partial charge in [0.2, 0.25) is 0 Å². The molecule has 2 saturated heterocycles. The Morgan fingerprint density at radius 1 is 0.900 bits per heavy atom. The number of halogens is 1. The number of likely N-dealkylation sites (tertiary alicyclic amines) is 1. The molecule has 0 radical (unpaired) electrons. The first-order valence-corrected chi connectivity index (χ1v) is 20.7. The van der Waals surface area contributed by atoms with E-state index in [0.717, 1.165) is 53.5 Å². The van der Waals surface area contributed by atoms with Gasteiger partial charge in [-0.2, -0.15) is 10.2 Å². The Balaban J connectivity index is 0.968. The quantitative estimate of drug-likeness (QED) is 0.159. The first-order chi connectivity index (χ1) is 24.1. The van der Waals surface area contributed by atoms with Crippen molar-refractivity contribution in [1.29, 1.82) is 0 Å². The Morgan fingerprint density at radius 2 is 1.56 bits per heavy atom. The van der Waals surface area contributed by atoms with E-state index < -0.39 is 8.32 Å². The summed E-state index contributed by atoms with van der Waals surface area (Å²) in [5.74, 6) is 1.28. The van der Waals surface area contributed by atoms with Gasteiger partial charge in [0.25, 0.3) is 8.32 Å². The minimum atomic E-state index is -2.74. The molecule has 0 N–H and O–H groups in total. The largest absolute Gasteiger partial charge is 0.400 e. The van der Waals surface area contributed by atoms with E-state index in [9.17, 15) is 0 Å². The fourth-order valence-corrected chi connectivity index (χ4v) is 14.8. The van der Waals surface area contributed by atoms with Crippen LogP contribution in [-0.2, 0) is 14.7 Å². The van der Waals surface area contributed by atoms with E-state index >= 15 is 0 Å². The zero-order chi connectivity index (χ0) is 34.3. The topological polar surface area (TPSA) is 57.3 Å². The number of hydrogen-bond acceptors (Lipinski definition) is 5. The molecule has 4 heterocycles. The molecule has 2 bridgehead atoms. The van der Waals surface area contributed by atoms with Gasteiger partial charge in [-0.05, 0) is 97.1 Å². The van der Waals surface area contributed by atoms with Crippen molar-refractivity contribution in [2.24, 2.45) is 5.92 Å². The summed E-state index contributed by atoms with van der Waals surface area (Å²) in [6.07, 6.45) is 11.9. The van der Waals surface area contributed by atoms with Crippen LogP contribution in [0.15, 0.2) is 91.4 Å². The summed E-state index contributed by atoms with van der Waals surface area (Å²) in [5, 5.41) is 14.0. The van der Waals surface area contributed by atoms with Gasteiger partial charge in [0.05, 0.1) is 54.5 Å². The Hall–Kier alpha value is -3.27. The first kappa shape index (κ1) is 32.6. The van der Waals surface area contributed by atoms with Gasteiger partial charge in [-0.15, -0.1) is 0 Å². The Labute approximate surface area is 301 Å². The highest BCUT2D eigenvalue weighted by Crippen LogP contribution is 2.62. The Bertz CT molecular complexity index is 1960. The minimum absolute atomic E-state index is 0.0501. The summed E-state index contributed by atoms with van der Waals surface area (Å²) in [6, 6.07) is 26.3. The minimum Gasteiger partial charge on any atom is -0.400 e. The summed E-state index contributed by atoms with van der Waals surface area (Å²) < 4.78 is 18.3. The maximum atomic E-state index is 7.70. The number of nitrogens with zero attached hydrogens (tertiary/aromatic N) is 5. The summed E-state index contributed by atoms with van der Waals surface area (Å²) >= 11 is 7.03. The molecule has 5 fully saturated rings. The van der Waals surface area contributed by atoms with Crippen molar-refractivity contribution in [2.45, 2.75) is 87.9 Å². The molecule has 9 heteroatoms. The third-order valence-electron chi connectivity index (χ3n) is 12.7. The zero-order valence-corrected chi connectivity index (χ0v) is 31.4. The van der Waals surface area contributed by atoms with Crippen molar-refractivity contribution in [3.63, 3.8) is 0 Å². The van der Waals surface area contributed by atoms with E-state index in [0.29, 0.717) is 19.1 Å². The average Bonchev–Trinajstić information content (AvgIpc) is 3.81. The highest BCUT2D eigenvalue weighted by atomic mass is 35.5. The summed E-state index contributed by atoms with van der Waals surface area (Å²) in [6.45, 7) is 12.6. The highest BCUT2D eigenvalue weighted by Gasteiger charge is 2.59. The fraction of sp³-hybridized carbons (Fsp3) is 0.463. The molecule has 2 atom stereocenters. The van der Waals surface area contributed by atoms with Crippen LogP contribution in [0.4, 0.5) is 0 Å². The molecule has 3 saturated carbocycles. The predicted octanol–water partition coefficient (Wildman–Crippen LogP) is 7.30. The van der Waals surface area contributed by atoms with Crippen molar-refractivity contribution < 1.29 is 9.16 Å². The van der Waals surface area contributed by atoms with Gasteiger partial charge in [0.15, 0.2) is 0 Å². The Kier molecular flexibility index (Phi) is 7.76. The standard InChI is InChI=1S/C41H48ClN5O2Si/c1-39(2,3)50(33-11-7-5-8-12-33,34-13-9-6-10-14-34)49-38-27-48-28-40(38,4)45-17-15-30(16-18-45)35-20-37-31(19-36(35)42)24-44-47(37)32-25-43-46(26-32)41-21-29(22-41)23-41/h5-14,19-20,24-26,29-30,38H,15-18,21-23,27-28H2,1-4H3/t29?,38-,40+,41?/m0/s1. The maximum Gasteiger partial charge on any atom is 0.261 e. The zero-order valence-electron chi connectivity index (χ0n) is 29.7. The molecule has 2 aromatic heterocycles. The van der Waals surface area contributed by atoms with E-state index in [-0.39, 0.29) is 22.2 Å². The highest BCUT2D eigenvalue weighted by molar-refractivity contribution is 6.99. The van der Waals surface area contributed by atoms with Gasteiger partial charge < -0.3 is 9.16 Å². The number of hydrogen-bond donors (Lipinski definition) is 0. The molecule has 7 nitrogen and oxygen atoms in total. The summed E-state index contributed by atoms with van der Waals surface area (Å²) in [5.41, 5.74) is 3.37. The second-order valence-electron chi connectivity index (χ2n) is 16.7. The monoisotopic (exact) mass is 705 g/mol. The second-order valence-corrected chi connectivity index (χ2v) is 21.4. The molecule has 50 heavy (non-hydrogen) atoms. The van der Waals surface area contributed by atoms with E-state index in [2.05, 4.69) is 116 Å². The third kappa shape index (κ3) is 5.00. The number of benzene rings is 3. The van der Waals surface area contributed by atoms with Crippen LogP contribution >= 0.6 is 11.6 Å². The molecule has 5 aliphatic rings. The van der Waals surface area contributed by atoms with Crippen LogP contribution in [-0.4, -0.2) is 70.7 Å². The van der Waals surface area contributed by atoms with Gasteiger partial charge in [0, 0.05) is 10.4 Å². The molecule has 0 unspecified atom stereocenters. The van der Waals surface area contributed by atoms with Gasteiger partial charge in [-0.1, -0.05) is 93.0 Å². The lowest BCUT2D eigenvalue weighted by Gasteiger charge is -2.61. The number of piperidine rings is 1. The average molecular weight is 706 g/mol. The number of fused-ring (bicyclic) bond motifs is 1. The molecule has 10 rings (SSSR count). The lowest BCUT2D eigenvalue weighted by Crippen LogP contribution is -2.70. The van der Waals surface area contributed by atoms with Crippen molar-refractivity contribution in [3.05, 3.63) is 102 Å². The smallest absolute Gasteiger partial charge is 0.261 e. The number of ether oxygens (including phenoxy) is 1. The van der Waals surface area contributed by atoms with Crippen LogP contribution in [0.25, 0.3) is 16.6 Å². The van der Waals surface area contributed by atoms with Crippen LogP contribution in [0.5, 0.6) is 0 Å². The van der Waals surface area contributed by atoms with E-state index in [4.69, 9.17) is 31.0 Å². The van der Waals surface area contributed by atoms with Gasteiger partial charge >= 0.3 is 0 Å². The van der Waals surface area contributed by atoms with Crippen molar-refractivity contribution >= 4 is 41.2 Å². The normalized spacial score (nSPS) is 27.4. The third-order valence-corrected chi connectivity index (χ3v) is 18.1. The molecule has 0 amide bonds. The lowest BCUT2D eigenvalue weighted by molar-refractivity contribution is -0.0977. The van der Waals surface area contributed by atoms with E-state index in [1.807, 2.05) is 17.1 Å². The number of rotatable bonds is 8.